The first-order valence-electron chi connectivity index (χ1n) is 9.43. The predicted molar refractivity (Wildman–Crippen MR) is 101 cm³/mol. The van der Waals surface area contributed by atoms with Gasteiger partial charge < -0.3 is 14.8 Å². The molecule has 1 amide bonds. The second-order valence-corrected chi connectivity index (χ2v) is 7.68. The summed E-state index contributed by atoms with van der Waals surface area (Å²) in [6.07, 6.45) is -7.04. The van der Waals surface area contributed by atoms with E-state index in [2.05, 4.69) is 10.3 Å². The fraction of sp³-hybridized carbons (Fsp3) is 0.368. The van der Waals surface area contributed by atoms with Gasteiger partial charge >= 0.3 is 12.4 Å². The van der Waals surface area contributed by atoms with Gasteiger partial charge in [-0.2, -0.15) is 26.3 Å². The van der Waals surface area contributed by atoms with E-state index in [1.54, 1.807) is 15.7 Å². The Morgan fingerprint density at radius 1 is 1.09 bits per heavy atom. The van der Waals surface area contributed by atoms with Crippen molar-refractivity contribution >= 4 is 17.7 Å². The van der Waals surface area contributed by atoms with Crippen LogP contribution in [-0.2, 0) is 36.7 Å². The number of carbonyl (C=O) groups excluding carboxylic acids is 1. The van der Waals surface area contributed by atoms with Gasteiger partial charge in [-0.05, 0) is 17.7 Å². The maximum atomic E-state index is 13.5. The van der Waals surface area contributed by atoms with Crippen molar-refractivity contribution in [1.82, 2.24) is 24.2 Å². The number of hydrogen-bond acceptors (Lipinski definition) is 4. The molecule has 6 nitrogen and oxygen atoms in total. The number of rotatable bonds is 3. The highest BCUT2D eigenvalue weighted by Gasteiger charge is 2.38. The molecule has 0 radical (unpaired) electrons. The number of benzene rings is 1. The van der Waals surface area contributed by atoms with Gasteiger partial charge in [0.25, 0.3) is 5.91 Å². The van der Waals surface area contributed by atoms with Gasteiger partial charge in [-0.1, -0.05) is 6.07 Å². The van der Waals surface area contributed by atoms with Crippen LogP contribution in [0.2, 0.25) is 0 Å². The summed E-state index contributed by atoms with van der Waals surface area (Å²) in [7, 11) is 0. The van der Waals surface area contributed by atoms with Crippen molar-refractivity contribution in [2.24, 2.45) is 0 Å². The van der Waals surface area contributed by atoms with Crippen molar-refractivity contribution < 1.29 is 31.1 Å². The lowest BCUT2D eigenvalue weighted by molar-refractivity contribution is -0.143. The summed E-state index contributed by atoms with van der Waals surface area (Å²) >= 11 is 6.03. The number of fused-ring (bicyclic) bond motifs is 1. The molecule has 0 saturated carbocycles. The maximum Gasteiger partial charge on any atom is 0.416 e. The van der Waals surface area contributed by atoms with Crippen molar-refractivity contribution in [3.8, 4) is 0 Å². The Labute approximate surface area is 183 Å². The van der Waals surface area contributed by atoms with E-state index in [1.807, 2.05) is 0 Å². The maximum absolute atomic E-state index is 13.5. The highest BCUT2D eigenvalue weighted by Crippen LogP contribution is 2.38. The van der Waals surface area contributed by atoms with Crippen molar-refractivity contribution in [3.63, 3.8) is 0 Å². The van der Waals surface area contributed by atoms with Gasteiger partial charge in [0.2, 0.25) is 0 Å². The highest BCUT2D eigenvalue weighted by molar-refractivity contribution is 6.23. The van der Waals surface area contributed by atoms with Gasteiger partial charge in [-0.3, -0.25) is 4.79 Å². The number of aromatic nitrogens is 2. The van der Waals surface area contributed by atoms with E-state index >= 15 is 0 Å². The Morgan fingerprint density at radius 2 is 1.84 bits per heavy atom. The number of hydrogen-bond donors (Lipinski definition) is 1. The molecule has 13 heteroatoms. The topological polar surface area (TPSA) is 53.4 Å². The van der Waals surface area contributed by atoms with Gasteiger partial charge in [0, 0.05) is 49.4 Å². The zero-order chi connectivity index (χ0) is 23.3. The molecule has 1 aromatic heterocycles. The summed E-state index contributed by atoms with van der Waals surface area (Å²) in [5, 5.41) is 2.82. The molecule has 0 fully saturated rings. The third-order valence-electron chi connectivity index (χ3n) is 5.29. The molecule has 1 N–H and O–H groups in total. The molecule has 172 valence electrons. The van der Waals surface area contributed by atoms with Gasteiger partial charge in [0.1, 0.15) is 11.6 Å². The lowest BCUT2D eigenvalue weighted by Gasteiger charge is -2.36. The van der Waals surface area contributed by atoms with Crippen LogP contribution in [-0.4, -0.2) is 37.9 Å². The van der Waals surface area contributed by atoms with Gasteiger partial charge in [0.05, 0.1) is 24.2 Å². The molecular formula is C19H16ClF6N5O. The Bertz CT molecular complexity index is 1080. The number of imidazole rings is 1. The van der Waals surface area contributed by atoms with Crippen molar-refractivity contribution in [1.29, 1.82) is 0 Å². The van der Waals surface area contributed by atoms with Crippen LogP contribution in [0.15, 0.2) is 36.4 Å². The molecule has 0 unspecified atom stereocenters. The number of amides is 1. The second-order valence-electron chi connectivity index (χ2n) is 7.34. The molecule has 32 heavy (non-hydrogen) atoms. The third kappa shape index (κ3) is 4.23. The van der Waals surface area contributed by atoms with E-state index in [0.29, 0.717) is 36.5 Å². The largest absolute Gasteiger partial charge is 0.416 e. The molecule has 0 aliphatic carbocycles. The minimum atomic E-state index is -4.94. The molecular weight excluding hydrogens is 464 g/mol. The number of halogens is 7. The molecule has 0 spiro atoms. The van der Waals surface area contributed by atoms with Gasteiger partial charge in [-0.25, -0.2) is 9.40 Å². The van der Waals surface area contributed by atoms with Crippen LogP contribution in [0.1, 0.15) is 28.2 Å². The number of nitrogens with zero attached hydrogens (tertiary/aromatic N) is 4. The first kappa shape index (κ1) is 22.3. The average molecular weight is 480 g/mol. The Morgan fingerprint density at radius 3 is 2.53 bits per heavy atom. The summed E-state index contributed by atoms with van der Waals surface area (Å²) in [6, 6.07) is 1.64. The molecule has 2 aromatic rings. The van der Waals surface area contributed by atoms with Gasteiger partial charge in [0.15, 0.2) is 0 Å². The summed E-state index contributed by atoms with van der Waals surface area (Å²) in [5.74, 6) is 0.636. The van der Waals surface area contributed by atoms with Crippen LogP contribution in [0.25, 0.3) is 0 Å². The van der Waals surface area contributed by atoms with Crippen molar-refractivity contribution in [3.05, 3.63) is 64.6 Å². The summed E-state index contributed by atoms with van der Waals surface area (Å²) in [6.45, 7) is 1.07. The van der Waals surface area contributed by atoms with E-state index in [-0.39, 0.29) is 37.0 Å². The van der Waals surface area contributed by atoms with Crippen molar-refractivity contribution in [2.45, 2.75) is 31.9 Å². The van der Waals surface area contributed by atoms with Crippen molar-refractivity contribution in [2.75, 3.05) is 13.1 Å². The Hall–Kier alpha value is -2.89. The Balaban J connectivity index is 1.59. The van der Waals surface area contributed by atoms with Crippen LogP contribution in [0, 0.1) is 0 Å². The zero-order valence-electron chi connectivity index (χ0n) is 16.3. The summed E-state index contributed by atoms with van der Waals surface area (Å²) in [5.41, 5.74) is -2.50. The second kappa shape index (κ2) is 7.91. The molecule has 4 rings (SSSR count). The standard InChI is InChI=1S/C19H16ClF6N5O/c20-31-16(8-27-9-17(31)32)29-3-4-30-13(7-28-15(30)10-29)5-11-1-2-12(18(21,22)23)6-14(11)19(24,25)26/h1-2,6-8,27H,3-5,9-10H2. The summed E-state index contributed by atoms with van der Waals surface area (Å²) < 4.78 is 81.8. The van der Waals surface area contributed by atoms with E-state index in [4.69, 9.17) is 11.8 Å². The van der Waals surface area contributed by atoms with Gasteiger partial charge in [-0.15, -0.1) is 0 Å². The molecule has 0 bridgehead atoms. The minimum Gasteiger partial charge on any atom is -0.379 e. The molecule has 1 aromatic carbocycles. The number of nitrogens with one attached hydrogen (secondary N) is 1. The fourth-order valence-corrected chi connectivity index (χ4v) is 3.94. The molecule has 3 heterocycles. The quantitative estimate of drug-likeness (QED) is 0.539. The van der Waals surface area contributed by atoms with E-state index in [1.165, 1.54) is 6.20 Å². The van der Waals surface area contributed by atoms with E-state index < -0.39 is 23.5 Å². The predicted octanol–water partition coefficient (Wildman–Crippen LogP) is 3.71. The first-order chi connectivity index (χ1) is 14.9. The summed E-state index contributed by atoms with van der Waals surface area (Å²) in [4.78, 5) is 17.8. The average Bonchev–Trinajstić information content (AvgIpc) is 3.10. The first-order valence-corrected chi connectivity index (χ1v) is 9.77. The zero-order valence-corrected chi connectivity index (χ0v) is 17.0. The highest BCUT2D eigenvalue weighted by atomic mass is 35.5. The monoisotopic (exact) mass is 479 g/mol. The number of alkyl halides is 6. The van der Waals surface area contributed by atoms with E-state index in [9.17, 15) is 31.1 Å². The molecule has 2 aliphatic heterocycles. The van der Waals surface area contributed by atoms with Crippen LogP contribution in [0.3, 0.4) is 0 Å². The number of carbonyl (C=O) groups is 1. The van der Waals surface area contributed by atoms with Crippen LogP contribution >= 0.6 is 11.8 Å². The van der Waals surface area contributed by atoms with Crippen LogP contribution < -0.4 is 5.32 Å². The van der Waals surface area contributed by atoms with Crippen LogP contribution in [0.4, 0.5) is 26.3 Å². The van der Waals surface area contributed by atoms with E-state index in [0.717, 1.165) is 10.5 Å². The lowest BCUT2D eigenvalue weighted by Crippen LogP contribution is -2.45. The Kier molecular flexibility index (Phi) is 5.51. The molecule has 0 saturated heterocycles. The smallest absolute Gasteiger partial charge is 0.379 e. The van der Waals surface area contributed by atoms with Crippen LogP contribution in [0.5, 0.6) is 0 Å². The molecule has 0 atom stereocenters. The normalized spacial score (nSPS) is 17.2. The fourth-order valence-electron chi connectivity index (χ4n) is 3.72. The third-order valence-corrected chi connectivity index (χ3v) is 5.65. The lowest BCUT2D eigenvalue weighted by atomic mass is 9.99. The minimum absolute atomic E-state index is 0.0638. The molecule has 2 aliphatic rings. The SMILES string of the molecule is O=C1CNC=C(N2CCn3c(Cc4ccc(C(F)(F)F)cc4C(F)(F)F)cnc3C2)N1Cl.